The van der Waals surface area contributed by atoms with Gasteiger partial charge in [-0.25, -0.2) is 0 Å². The van der Waals surface area contributed by atoms with Crippen molar-refractivity contribution in [2.24, 2.45) is 0 Å². The van der Waals surface area contributed by atoms with Crippen molar-refractivity contribution >= 4 is 17.3 Å². The van der Waals surface area contributed by atoms with E-state index in [1.807, 2.05) is 30.3 Å². The minimum absolute atomic E-state index is 0.00508. The molecule has 108 valence electrons. The molecule has 21 heavy (non-hydrogen) atoms. The van der Waals surface area contributed by atoms with Gasteiger partial charge in [0.15, 0.2) is 0 Å². The molecule has 0 aromatic heterocycles. The zero-order chi connectivity index (χ0) is 15.4. The number of nitrogens with zero attached hydrogens (tertiary/aromatic N) is 2. The number of non-ortho nitro benzene ring substituents is 1. The number of anilines is 1. The van der Waals surface area contributed by atoms with Gasteiger partial charge in [-0.05, 0) is 24.6 Å². The first-order valence-corrected chi connectivity index (χ1v) is 6.57. The molecule has 1 atom stereocenters. The molecule has 0 aliphatic rings. The van der Waals surface area contributed by atoms with Crippen LogP contribution >= 0.6 is 0 Å². The topological polar surface area (TPSA) is 63.5 Å². The number of carbonyl (C=O) groups excluding carboxylic acids is 1. The summed E-state index contributed by atoms with van der Waals surface area (Å²) in [6, 6.07) is 15.5. The number of nitro benzene ring substituents is 1. The number of para-hydroxylation sites is 1. The molecular weight excluding hydrogens is 268 g/mol. The first kappa shape index (κ1) is 14.7. The van der Waals surface area contributed by atoms with Gasteiger partial charge in [-0.1, -0.05) is 30.3 Å². The third kappa shape index (κ3) is 3.25. The molecule has 5 nitrogen and oxygen atoms in total. The van der Waals surface area contributed by atoms with E-state index in [2.05, 4.69) is 0 Å². The molecule has 1 unspecified atom stereocenters. The number of amides is 1. The molecule has 0 bridgehead atoms. The molecule has 2 rings (SSSR count). The molecule has 0 radical (unpaired) electrons. The molecule has 0 N–H and O–H groups in total. The van der Waals surface area contributed by atoms with Crippen LogP contribution in [0.25, 0.3) is 0 Å². The molecular formula is C16H16N2O3. The Morgan fingerprint density at radius 1 is 1.14 bits per heavy atom. The SMILES string of the molecule is CC(C(=O)N(C)c1ccccc1)c1cccc([N+](=O)[O-])c1. The van der Waals surface area contributed by atoms with E-state index in [4.69, 9.17) is 0 Å². The Hall–Kier alpha value is -2.69. The Labute approximate surface area is 123 Å². The van der Waals surface area contributed by atoms with Crippen molar-refractivity contribution in [1.29, 1.82) is 0 Å². The quantitative estimate of drug-likeness (QED) is 0.638. The van der Waals surface area contributed by atoms with Crippen LogP contribution < -0.4 is 4.90 Å². The number of benzene rings is 2. The van der Waals surface area contributed by atoms with Gasteiger partial charge in [0, 0.05) is 24.9 Å². The summed E-state index contributed by atoms with van der Waals surface area (Å²) in [4.78, 5) is 24.4. The van der Waals surface area contributed by atoms with E-state index in [1.165, 1.54) is 12.1 Å². The van der Waals surface area contributed by atoms with E-state index in [0.29, 0.717) is 5.56 Å². The van der Waals surface area contributed by atoms with Crippen molar-refractivity contribution in [2.75, 3.05) is 11.9 Å². The van der Waals surface area contributed by atoms with Crippen LogP contribution in [0.15, 0.2) is 54.6 Å². The fourth-order valence-electron chi connectivity index (χ4n) is 2.12. The van der Waals surface area contributed by atoms with Gasteiger partial charge in [-0.2, -0.15) is 0 Å². The lowest BCUT2D eigenvalue weighted by Gasteiger charge is -2.21. The second-order valence-corrected chi connectivity index (χ2v) is 4.81. The molecule has 0 spiro atoms. The maximum Gasteiger partial charge on any atom is 0.269 e. The molecule has 0 saturated heterocycles. The predicted octanol–water partition coefficient (Wildman–Crippen LogP) is 3.36. The van der Waals surface area contributed by atoms with Crippen LogP contribution in [-0.2, 0) is 4.79 Å². The average Bonchev–Trinajstić information content (AvgIpc) is 2.53. The summed E-state index contributed by atoms with van der Waals surface area (Å²) in [5.74, 6) is -0.559. The van der Waals surface area contributed by atoms with Crippen molar-refractivity contribution in [3.63, 3.8) is 0 Å². The smallest absolute Gasteiger partial charge is 0.269 e. The van der Waals surface area contributed by atoms with Gasteiger partial charge in [-0.3, -0.25) is 14.9 Å². The summed E-state index contributed by atoms with van der Waals surface area (Å²) >= 11 is 0. The van der Waals surface area contributed by atoms with Crippen LogP contribution in [0, 0.1) is 10.1 Å². The van der Waals surface area contributed by atoms with E-state index in [9.17, 15) is 14.9 Å². The van der Waals surface area contributed by atoms with Gasteiger partial charge in [0.25, 0.3) is 5.69 Å². The normalized spacial score (nSPS) is 11.7. The van der Waals surface area contributed by atoms with E-state index in [1.54, 1.807) is 31.0 Å². The minimum atomic E-state index is -0.457. The second kappa shape index (κ2) is 6.17. The van der Waals surface area contributed by atoms with Crippen LogP contribution in [0.1, 0.15) is 18.4 Å². The van der Waals surface area contributed by atoms with Gasteiger partial charge in [0.05, 0.1) is 10.8 Å². The van der Waals surface area contributed by atoms with E-state index in [-0.39, 0.29) is 11.6 Å². The molecule has 0 aliphatic carbocycles. The Morgan fingerprint density at radius 3 is 2.43 bits per heavy atom. The molecule has 5 heteroatoms. The Bertz CT molecular complexity index is 656. The molecule has 2 aromatic carbocycles. The third-order valence-electron chi connectivity index (χ3n) is 3.43. The highest BCUT2D eigenvalue weighted by atomic mass is 16.6. The Balaban J connectivity index is 2.23. The van der Waals surface area contributed by atoms with Gasteiger partial charge in [-0.15, -0.1) is 0 Å². The summed E-state index contributed by atoms with van der Waals surface area (Å²) in [6.07, 6.45) is 0. The van der Waals surface area contributed by atoms with E-state index in [0.717, 1.165) is 5.69 Å². The number of likely N-dealkylation sites (N-methyl/N-ethyl adjacent to an activating group) is 1. The van der Waals surface area contributed by atoms with Crippen molar-refractivity contribution in [1.82, 2.24) is 0 Å². The summed E-state index contributed by atoms with van der Waals surface area (Å²) in [5, 5.41) is 10.8. The van der Waals surface area contributed by atoms with Gasteiger partial charge in [0.1, 0.15) is 0 Å². The van der Waals surface area contributed by atoms with Crippen LogP contribution in [-0.4, -0.2) is 17.9 Å². The van der Waals surface area contributed by atoms with Gasteiger partial charge < -0.3 is 4.90 Å². The summed E-state index contributed by atoms with van der Waals surface area (Å²) in [6.45, 7) is 1.75. The van der Waals surface area contributed by atoms with Crippen LogP contribution in [0.2, 0.25) is 0 Å². The standard InChI is InChI=1S/C16H16N2O3/c1-12(13-7-6-10-15(11-13)18(20)21)16(19)17(2)14-8-4-3-5-9-14/h3-12H,1-2H3. The average molecular weight is 284 g/mol. The third-order valence-corrected chi connectivity index (χ3v) is 3.43. The fraction of sp³-hybridized carbons (Fsp3) is 0.188. The number of carbonyl (C=O) groups is 1. The molecule has 0 saturated carbocycles. The summed E-state index contributed by atoms with van der Waals surface area (Å²) < 4.78 is 0. The first-order chi connectivity index (χ1) is 10.0. The lowest BCUT2D eigenvalue weighted by atomic mass is 9.99. The minimum Gasteiger partial charge on any atom is -0.315 e. The van der Waals surface area contributed by atoms with E-state index < -0.39 is 10.8 Å². The highest BCUT2D eigenvalue weighted by Gasteiger charge is 2.21. The van der Waals surface area contributed by atoms with E-state index >= 15 is 0 Å². The summed E-state index contributed by atoms with van der Waals surface area (Å²) in [5.41, 5.74) is 1.42. The molecule has 0 fully saturated rings. The maximum atomic E-state index is 12.5. The largest absolute Gasteiger partial charge is 0.315 e. The van der Waals surface area contributed by atoms with Gasteiger partial charge in [0.2, 0.25) is 5.91 Å². The lowest BCUT2D eigenvalue weighted by molar-refractivity contribution is -0.384. The highest BCUT2D eigenvalue weighted by Crippen LogP contribution is 2.24. The zero-order valence-corrected chi connectivity index (χ0v) is 11.9. The Kier molecular flexibility index (Phi) is 4.33. The molecule has 1 amide bonds. The van der Waals surface area contributed by atoms with Crippen LogP contribution in [0.3, 0.4) is 0 Å². The maximum absolute atomic E-state index is 12.5. The molecule has 0 aliphatic heterocycles. The molecule has 2 aromatic rings. The zero-order valence-electron chi connectivity index (χ0n) is 11.9. The van der Waals surface area contributed by atoms with Crippen LogP contribution in [0.5, 0.6) is 0 Å². The van der Waals surface area contributed by atoms with Crippen molar-refractivity contribution in [2.45, 2.75) is 12.8 Å². The van der Waals surface area contributed by atoms with Crippen molar-refractivity contribution in [3.05, 3.63) is 70.3 Å². The predicted molar refractivity (Wildman–Crippen MR) is 81.4 cm³/mol. The highest BCUT2D eigenvalue weighted by molar-refractivity contribution is 5.97. The lowest BCUT2D eigenvalue weighted by Crippen LogP contribution is -2.30. The first-order valence-electron chi connectivity index (χ1n) is 6.57. The van der Waals surface area contributed by atoms with Crippen molar-refractivity contribution < 1.29 is 9.72 Å². The number of hydrogen-bond donors (Lipinski definition) is 0. The number of hydrogen-bond acceptors (Lipinski definition) is 3. The number of nitro groups is 1. The number of rotatable bonds is 4. The summed E-state index contributed by atoms with van der Waals surface area (Å²) in [7, 11) is 1.70. The molecule has 0 heterocycles. The van der Waals surface area contributed by atoms with Crippen LogP contribution in [0.4, 0.5) is 11.4 Å². The second-order valence-electron chi connectivity index (χ2n) is 4.81. The fourth-order valence-corrected chi connectivity index (χ4v) is 2.12. The van der Waals surface area contributed by atoms with Crippen molar-refractivity contribution in [3.8, 4) is 0 Å². The Morgan fingerprint density at radius 2 is 1.81 bits per heavy atom. The van der Waals surface area contributed by atoms with Gasteiger partial charge >= 0.3 is 0 Å². The monoisotopic (exact) mass is 284 g/mol.